The van der Waals surface area contributed by atoms with Gasteiger partial charge in [0.15, 0.2) is 6.79 Å². The number of carbonyl (C=O) groups excluding carboxylic acids is 3. The van der Waals surface area contributed by atoms with Gasteiger partial charge in [-0.15, -0.1) is 0 Å². The monoisotopic (exact) mass is 695 g/mol. The lowest BCUT2D eigenvalue weighted by molar-refractivity contribution is -0.151. The number of aliphatic hydroxyl groups is 2. The van der Waals surface area contributed by atoms with Crippen LogP contribution in [0.15, 0.2) is 37.5 Å². The summed E-state index contributed by atoms with van der Waals surface area (Å²) in [7, 11) is -0.102. The van der Waals surface area contributed by atoms with E-state index in [1.807, 2.05) is 26.9 Å². The van der Waals surface area contributed by atoms with Gasteiger partial charge in [-0.25, -0.2) is 14.4 Å². The van der Waals surface area contributed by atoms with Crippen molar-refractivity contribution in [2.24, 2.45) is 0 Å². The lowest BCUT2D eigenvalue weighted by Gasteiger charge is -2.20. The third-order valence-corrected chi connectivity index (χ3v) is 5.83. The van der Waals surface area contributed by atoms with Crippen LogP contribution in [0.1, 0.15) is 80.2 Å². The normalized spacial score (nSPS) is 9.74. The molecule has 0 aliphatic carbocycles. The SMILES string of the molecule is C.C.C.C.C.C.C.C.C=C(C)C(=O)OCOCC.C=CC(=O)OCC(O)COCC.C=CC(=O)OCC(O)COC[Si](C)(C)OC. The molecule has 0 heterocycles. The summed E-state index contributed by atoms with van der Waals surface area (Å²) in [5.74, 6) is -1.50. The third kappa shape index (κ3) is 57.3. The van der Waals surface area contributed by atoms with E-state index < -0.39 is 38.4 Å². The van der Waals surface area contributed by atoms with Crippen molar-refractivity contribution >= 4 is 26.2 Å². The van der Waals surface area contributed by atoms with Gasteiger partial charge >= 0.3 is 17.9 Å². The lowest BCUT2D eigenvalue weighted by Crippen LogP contribution is -2.37. The Morgan fingerprint density at radius 3 is 1.37 bits per heavy atom. The zero-order valence-corrected chi connectivity index (χ0v) is 24.6. The molecule has 0 bridgehead atoms. The van der Waals surface area contributed by atoms with Gasteiger partial charge in [0.25, 0.3) is 0 Å². The van der Waals surface area contributed by atoms with Gasteiger partial charge in [0, 0.05) is 38.0 Å². The van der Waals surface area contributed by atoms with E-state index in [1.165, 1.54) is 0 Å². The van der Waals surface area contributed by atoms with Crippen LogP contribution in [0.3, 0.4) is 0 Å². The highest BCUT2D eigenvalue weighted by Crippen LogP contribution is 2.03. The summed E-state index contributed by atoms with van der Waals surface area (Å²) in [5, 5.41) is 18.5. The summed E-state index contributed by atoms with van der Waals surface area (Å²) in [4.78, 5) is 31.8. The van der Waals surface area contributed by atoms with Gasteiger partial charge < -0.3 is 43.1 Å². The first kappa shape index (κ1) is 74.5. The van der Waals surface area contributed by atoms with E-state index >= 15 is 0 Å². The van der Waals surface area contributed by atoms with Crippen molar-refractivity contribution in [3.63, 3.8) is 0 Å². The van der Waals surface area contributed by atoms with E-state index in [0.717, 1.165) is 12.2 Å². The van der Waals surface area contributed by atoms with E-state index in [2.05, 4.69) is 33.9 Å². The highest BCUT2D eigenvalue weighted by molar-refractivity contribution is 6.71. The third-order valence-electron chi connectivity index (χ3n) is 3.82. The van der Waals surface area contributed by atoms with Crippen molar-refractivity contribution in [2.45, 2.75) is 105 Å². The minimum absolute atomic E-state index is 0. The van der Waals surface area contributed by atoms with Gasteiger partial charge in [0.05, 0.1) is 19.4 Å². The van der Waals surface area contributed by atoms with Crippen molar-refractivity contribution in [1.29, 1.82) is 0 Å². The molecule has 0 aromatic rings. The van der Waals surface area contributed by atoms with Crippen molar-refractivity contribution in [3.8, 4) is 0 Å². The molecule has 0 radical (unpaired) electrons. The fraction of sp³-hybridized carbons (Fsp3) is 0.727. The summed E-state index contributed by atoms with van der Waals surface area (Å²) in [6.07, 6.45) is 1.03. The topological polar surface area (TPSA) is 156 Å². The van der Waals surface area contributed by atoms with E-state index in [1.54, 1.807) is 14.0 Å². The highest BCUT2D eigenvalue weighted by atomic mass is 28.4. The molecule has 0 rings (SSSR count). The van der Waals surface area contributed by atoms with E-state index in [4.69, 9.17) is 23.7 Å². The Labute approximate surface area is 286 Å². The molecule has 0 saturated carbocycles. The molecule has 286 valence electrons. The van der Waals surface area contributed by atoms with Crippen LogP contribution in [0.4, 0.5) is 0 Å². The zero-order chi connectivity index (χ0) is 30.0. The van der Waals surface area contributed by atoms with Crippen molar-refractivity contribution < 1.29 is 57.4 Å². The molecule has 0 aliphatic rings. The lowest BCUT2D eigenvalue weighted by atomic mass is 10.4. The van der Waals surface area contributed by atoms with Crippen LogP contribution >= 0.6 is 0 Å². The number of esters is 3. The molecule has 0 aliphatic heterocycles. The Kier molecular flexibility index (Phi) is 80.1. The number of rotatable bonds is 18. The first-order valence-corrected chi connectivity index (χ1v) is 15.0. The first-order valence-electron chi connectivity index (χ1n) is 11.8. The molecule has 2 atom stereocenters. The molecule has 0 aromatic carbocycles. The van der Waals surface area contributed by atoms with Crippen LogP contribution in [-0.2, 0) is 47.2 Å². The highest BCUT2D eigenvalue weighted by Gasteiger charge is 2.21. The van der Waals surface area contributed by atoms with E-state index in [-0.39, 0.29) is 92.6 Å². The number of carbonyl (C=O) groups is 3. The van der Waals surface area contributed by atoms with E-state index in [0.29, 0.717) is 25.0 Å². The summed E-state index contributed by atoms with van der Waals surface area (Å²) in [6.45, 7) is 20.4. The smallest absolute Gasteiger partial charge is 0.335 e. The molecule has 0 spiro atoms. The van der Waals surface area contributed by atoms with Gasteiger partial charge in [0.2, 0.25) is 8.32 Å². The maximum absolute atomic E-state index is 10.7. The average molecular weight is 695 g/mol. The van der Waals surface area contributed by atoms with Crippen molar-refractivity contribution in [3.05, 3.63) is 37.5 Å². The summed E-state index contributed by atoms with van der Waals surface area (Å²) >= 11 is 0. The molecule has 0 amide bonds. The Morgan fingerprint density at radius 2 is 1.07 bits per heavy atom. The van der Waals surface area contributed by atoms with Gasteiger partial charge in [-0.05, 0) is 33.9 Å². The second kappa shape index (κ2) is 49.5. The molecule has 2 unspecified atom stereocenters. The van der Waals surface area contributed by atoms with Crippen LogP contribution in [0.2, 0.25) is 13.1 Å². The fourth-order valence-electron chi connectivity index (χ4n) is 1.63. The average Bonchev–Trinajstić information content (AvgIpc) is 2.89. The predicted octanol–water partition coefficient (Wildman–Crippen LogP) is 6.79. The van der Waals surface area contributed by atoms with Crippen molar-refractivity contribution in [2.75, 3.05) is 59.8 Å². The number of hydrogen-bond donors (Lipinski definition) is 2. The largest absolute Gasteiger partial charge is 0.460 e. The molecule has 2 N–H and O–H groups in total. The van der Waals surface area contributed by atoms with E-state index in [9.17, 15) is 19.5 Å². The van der Waals surface area contributed by atoms with Crippen LogP contribution in [0, 0.1) is 0 Å². The molecule has 0 aromatic heterocycles. The minimum Gasteiger partial charge on any atom is -0.460 e. The first-order chi connectivity index (χ1) is 17.8. The molecular formula is C33H78O12Si. The summed E-state index contributed by atoms with van der Waals surface area (Å²) in [5.41, 5.74) is 0.389. The summed E-state index contributed by atoms with van der Waals surface area (Å²) in [6, 6.07) is 0. The maximum atomic E-state index is 10.7. The second-order valence-corrected chi connectivity index (χ2v) is 12.2. The number of ether oxygens (including phenoxy) is 6. The zero-order valence-electron chi connectivity index (χ0n) is 23.6. The van der Waals surface area contributed by atoms with Crippen LogP contribution in [0.25, 0.3) is 0 Å². The number of aliphatic hydroxyl groups excluding tert-OH is 2. The van der Waals surface area contributed by atoms with Crippen molar-refractivity contribution in [1.82, 2.24) is 0 Å². The minimum atomic E-state index is -1.75. The maximum Gasteiger partial charge on any atom is 0.335 e. The standard InChI is InChI=1S/C10H20O5Si.C8H14O4.C7H12O3.8CH4/c1-5-10(12)15-7-9(11)6-14-8-16(3,4)13-2;1-3-8(10)12-6-7(9)5-11-4-2;1-4-9-5-10-7(8)6(2)3;;;;;;;;/h5,9,11H,1,6-8H2,2-4H3;3,7,9H,1,4-6H2,2H3;2,4-5H2,1,3H3;8*1H4. The Morgan fingerprint density at radius 1 is 0.696 bits per heavy atom. The predicted molar refractivity (Wildman–Crippen MR) is 197 cm³/mol. The van der Waals surface area contributed by atoms with Crippen LogP contribution in [0.5, 0.6) is 0 Å². The molecule has 46 heavy (non-hydrogen) atoms. The summed E-state index contributed by atoms with van der Waals surface area (Å²) < 4.78 is 34.0. The van der Waals surface area contributed by atoms with Gasteiger partial charge in [-0.1, -0.05) is 79.2 Å². The second-order valence-electron chi connectivity index (χ2n) is 7.94. The molecular weight excluding hydrogens is 616 g/mol. The fourth-order valence-corrected chi connectivity index (χ4v) is 2.35. The molecule has 12 nitrogen and oxygen atoms in total. The molecule has 13 heteroatoms. The van der Waals surface area contributed by atoms with Gasteiger partial charge in [0.1, 0.15) is 25.4 Å². The van der Waals surface area contributed by atoms with Gasteiger partial charge in [-0.2, -0.15) is 0 Å². The Bertz CT molecular complexity index is 686. The quantitative estimate of drug-likeness (QED) is 0.0388. The Balaban J connectivity index is -0.0000000417. The number of hydrogen-bond acceptors (Lipinski definition) is 12. The molecule has 0 saturated heterocycles. The van der Waals surface area contributed by atoms with Crippen LogP contribution < -0.4 is 0 Å². The molecule has 0 fully saturated rings. The Hall–Kier alpha value is -2.39. The van der Waals surface area contributed by atoms with Crippen LogP contribution in [-0.4, -0.2) is 108 Å². The van der Waals surface area contributed by atoms with Gasteiger partial charge in [-0.3, -0.25) is 0 Å².